The van der Waals surface area contributed by atoms with Gasteiger partial charge in [0.15, 0.2) is 5.78 Å². The zero-order valence-electron chi connectivity index (χ0n) is 15.5. The number of Topliss-reactive ketones (excluding diaryl/α,β-unsaturated/α-hetero) is 1. The molecule has 0 radical (unpaired) electrons. The summed E-state index contributed by atoms with van der Waals surface area (Å²) in [6, 6.07) is 16.5. The van der Waals surface area contributed by atoms with Crippen molar-refractivity contribution in [3.05, 3.63) is 88.7 Å². The standard InChI is InChI=1S/C23H19FO4/c1-14(25)17-4-3-5-18(13-17)21-20(28-2)11-10-19(22(21)24)12-15-6-8-16(9-7-15)23(26)27/h3-11,13H,12H2,1-2H3,(H,26,27). The van der Waals surface area contributed by atoms with Gasteiger partial charge in [0, 0.05) is 12.0 Å². The number of rotatable bonds is 6. The Hall–Kier alpha value is -3.47. The molecular weight excluding hydrogens is 359 g/mol. The molecule has 0 unspecified atom stereocenters. The van der Waals surface area contributed by atoms with Crippen LogP contribution in [-0.4, -0.2) is 24.0 Å². The molecule has 0 spiro atoms. The molecule has 0 saturated carbocycles. The van der Waals surface area contributed by atoms with E-state index in [0.717, 1.165) is 5.56 Å². The Morgan fingerprint density at radius 1 is 1.00 bits per heavy atom. The molecule has 142 valence electrons. The first kappa shape index (κ1) is 19.3. The molecule has 0 amide bonds. The molecule has 4 nitrogen and oxygen atoms in total. The zero-order valence-corrected chi connectivity index (χ0v) is 15.5. The summed E-state index contributed by atoms with van der Waals surface area (Å²) in [5, 5.41) is 8.99. The minimum Gasteiger partial charge on any atom is -0.496 e. The van der Waals surface area contributed by atoms with Crippen LogP contribution in [-0.2, 0) is 6.42 Å². The van der Waals surface area contributed by atoms with Crippen molar-refractivity contribution in [2.45, 2.75) is 13.3 Å². The van der Waals surface area contributed by atoms with Gasteiger partial charge in [-0.25, -0.2) is 9.18 Å². The van der Waals surface area contributed by atoms with Gasteiger partial charge in [-0.15, -0.1) is 0 Å². The maximum Gasteiger partial charge on any atom is 0.335 e. The minimum atomic E-state index is -1.00. The lowest BCUT2D eigenvalue weighted by molar-refractivity contribution is 0.0696. The fourth-order valence-corrected chi connectivity index (χ4v) is 3.06. The van der Waals surface area contributed by atoms with Gasteiger partial charge in [-0.05, 0) is 47.9 Å². The highest BCUT2D eigenvalue weighted by Crippen LogP contribution is 2.35. The van der Waals surface area contributed by atoms with Gasteiger partial charge < -0.3 is 9.84 Å². The normalized spacial score (nSPS) is 10.5. The van der Waals surface area contributed by atoms with Gasteiger partial charge in [0.05, 0.1) is 18.2 Å². The van der Waals surface area contributed by atoms with Crippen molar-refractivity contribution in [3.8, 4) is 16.9 Å². The molecular formula is C23H19FO4. The van der Waals surface area contributed by atoms with Crippen LogP contribution in [0.3, 0.4) is 0 Å². The summed E-state index contributed by atoms with van der Waals surface area (Å²) in [7, 11) is 1.47. The predicted octanol–water partition coefficient (Wildman–Crippen LogP) is 4.99. The molecule has 5 heteroatoms. The second kappa shape index (κ2) is 8.05. The number of benzene rings is 3. The Labute approximate surface area is 162 Å². The number of methoxy groups -OCH3 is 1. The summed E-state index contributed by atoms with van der Waals surface area (Å²) in [6.07, 6.45) is 0.301. The van der Waals surface area contributed by atoms with E-state index in [1.54, 1.807) is 48.5 Å². The maximum absolute atomic E-state index is 15.4. The van der Waals surface area contributed by atoms with Crippen LogP contribution in [0.2, 0.25) is 0 Å². The van der Waals surface area contributed by atoms with Crippen molar-refractivity contribution in [3.63, 3.8) is 0 Å². The number of carboxylic acid groups (broad SMARTS) is 1. The van der Waals surface area contributed by atoms with E-state index in [9.17, 15) is 9.59 Å². The number of aromatic carboxylic acids is 1. The van der Waals surface area contributed by atoms with Crippen molar-refractivity contribution in [2.75, 3.05) is 7.11 Å². The molecule has 3 rings (SSSR count). The lowest BCUT2D eigenvalue weighted by atomic mass is 9.95. The highest BCUT2D eigenvalue weighted by Gasteiger charge is 2.17. The van der Waals surface area contributed by atoms with Gasteiger partial charge >= 0.3 is 5.97 Å². The Balaban J connectivity index is 2.03. The second-order valence-electron chi connectivity index (χ2n) is 6.43. The van der Waals surface area contributed by atoms with Crippen LogP contribution < -0.4 is 4.74 Å². The predicted molar refractivity (Wildman–Crippen MR) is 105 cm³/mol. The Morgan fingerprint density at radius 3 is 2.32 bits per heavy atom. The monoisotopic (exact) mass is 378 g/mol. The summed E-state index contributed by atoms with van der Waals surface area (Å²) in [5.41, 5.74) is 2.77. The van der Waals surface area contributed by atoms with E-state index in [4.69, 9.17) is 9.84 Å². The third-order valence-electron chi connectivity index (χ3n) is 4.56. The summed E-state index contributed by atoms with van der Waals surface area (Å²) < 4.78 is 20.7. The Morgan fingerprint density at radius 2 is 1.71 bits per heavy atom. The number of ether oxygens (including phenoxy) is 1. The van der Waals surface area contributed by atoms with Crippen LogP contribution in [0.1, 0.15) is 38.8 Å². The molecule has 1 N–H and O–H groups in total. The van der Waals surface area contributed by atoms with Crippen LogP contribution >= 0.6 is 0 Å². The molecule has 0 heterocycles. The smallest absolute Gasteiger partial charge is 0.335 e. The zero-order chi connectivity index (χ0) is 20.3. The number of hydrogen-bond donors (Lipinski definition) is 1. The van der Waals surface area contributed by atoms with Crippen molar-refractivity contribution in [2.24, 2.45) is 0 Å². The SMILES string of the molecule is COc1ccc(Cc2ccc(C(=O)O)cc2)c(F)c1-c1cccc(C(C)=O)c1. The fourth-order valence-electron chi connectivity index (χ4n) is 3.06. The molecule has 3 aromatic rings. The molecule has 0 aromatic heterocycles. The number of carboxylic acids is 1. The molecule has 28 heavy (non-hydrogen) atoms. The molecule has 0 fully saturated rings. The van der Waals surface area contributed by atoms with E-state index < -0.39 is 11.8 Å². The van der Waals surface area contributed by atoms with Gasteiger partial charge in [-0.2, -0.15) is 0 Å². The summed E-state index contributed by atoms with van der Waals surface area (Å²) in [6.45, 7) is 1.46. The first-order chi connectivity index (χ1) is 13.4. The minimum absolute atomic E-state index is 0.101. The third-order valence-corrected chi connectivity index (χ3v) is 4.56. The van der Waals surface area contributed by atoms with Crippen molar-refractivity contribution >= 4 is 11.8 Å². The second-order valence-corrected chi connectivity index (χ2v) is 6.43. The van der Waals surface area contributed by atoms with Gasteiger partial charge in [0.2, 0.25) is 0 Å². The van der Waals surface area contributed by atoms with Crippen LogP contribution in [0, 0.1) is 5.82 Å². The summed E-state index contributed by atoms with van der Waals surface area (Å²) >= 11 is 0. The lowest BCUT2D eigenvalue weighted by Gasteiger charge is -2.14. The Kier molecular flexibility index (Phi) is 5.54. The molecule has 0 bridgehead atoms. The van der Waals surface area contributed by atoms with Crippen LogP contribution in [0.4, 0.5) is 4.39 Å². The molecule has 0 aliphatic rings. The summed E-state index contributed by atoms with van der Waals surface area (Å²) in [4.78, 5) is 22.7. The van der Waals surface area contributed by atoms with Crippen molar-refractivity contribution < 1.29 is 23.8 Å². The van der Waals surface area contributed by atoms with Crippen LogP contribution in [0.5, 0.6) is 5.75 Å². The first-order valence-corrected chi connectivity index (χ1v) is 8.69. The lowest BCUT2D eigenvalue weighted by Crippen LogP contribution is -2.01. The van der Waals surface area contributed by atoms with Gasteiger partial charge in [-0.1, -0.05) is 36.4 Å². The van der Waals surface area contributed by atoms with E-state index in [-0.39, 0.29) is 11.3 Å². The highest BCUT2D eigenvalue weighted by atomic mass is 19.1. The number of carbonyl (C=O) groups excluding carboxylic acids is 1. The largest absolute Gasteiger partial charge is 0.496 e. The average Bonchev–Trinajstić information content (AvgIpc) is 2.69. The van der Waals surface area contributed by atoms with E-state index in [0.29, 0.717) is 34.4 Å². The van der Waals surface area contributed by atoms with E-state index >= 15 is 4.39 Å². The third kappa shape index (κ3) is 3.93. The van der Waals surface area contributed by atoms with E-state index in [1.165, 1.54) is 26.2 Å². The van der Waals surface area contributed by atoms with Crippen LogP contribution in [0.25, 0.3) is 11.1 Å². The number of hydrogen-bond acceptors (Lipinski definition) is 3. The first-order valence-electron chi connectivity index (χ1n) is 8.69. The van der Waals surface area contributed by atoms with Crippen LogP contribution in [0.15, 0.2) is 60.7 Å². The van der Waals surface area contributed by atoms with E-state index in [1.807, 2.05) is 0 Å². The van der Waals surface area contributed by atoms with Gasteiger partial charge in [-0.3, -0.25) is 4.79 Å². The van der Waals surface area contributed by atoms with E-state index in [2.05, 4.69) is 0 Å². The number of ketones is 1. The Bertz CT molecular complexity index is 1040. The highest BCUT2D eigenvalue weighted by molar-refractivity contribution is 5.95. The quantitative estimate of drug-likeness (QED) is 0.614. The number of halogens is 1. The molecule has 0 atom stereocenters. The number of carbonyl (C=O) groups is 2. The average molecular weight is 378 g/mol. The molecule has 0 saturated heterocycles. The molecule has 3 aromatic carbocycles. The molecule has 0 aliphatic heterocycles. The fraction of sp³-hybridized carbons (Fsp3) is 0.130. The van der Waals surface area contributed by atoms with Gasteiger partial charge in [0.25, 0.3) is 0 Å². The maximum atomic E-state index is 15.4. The van der Waals surface area contributed by atoms with Crippen molar-refractivity contribution in [1.82, 2.24) is 0 Å². The van der Waals surface area contributed by atoms with Crippen molar-refractivity contribution in [1.29, 1.82) is 0 Å². The van der Waals surface area contributed by atoms with Gasteiger partial charge in [0.1, 0.15) is 11.6 Å². The summed E-state index contributed by atoms with van der Waals surface area (Å²) in [5.74, 6) is -1.16. The topological polar surface area (TPSA) is 63.6 Å². The molecule has 0 aliphatic carbocycles.